The Morgan fingerprint density at radius 1 is 0.868 bits per heavy atom. The molecule has 0 amide bonds. The summed E-state index contributed by atoms with van der Waals surface area (Å²) in [5, 5.41) is 48.0. The van der Waals surface area contributed by atoms with Crippen LogP contribution in [-0.4, -0.2) is 125 Å². The molecule has 0 bridgehead atoms. The number of carbonyl (C=O) groups excluding carboxylic acids is 1. The topological polar surface area (TPSA) is 143 Å². The molecule has 1 heterocycles. The van der Waals surface area contributed by atoms with Crippen molar-refractivity contribution >= 4 is 17.6 Å². The third-order valence-electron chi connectivity index (χ3n) is 6.59. The molecule has 0 spiro atoms. The highest BCUT2D eigenvalue weighted by Crippen LogP contribution is 2.30. The number of aliphatic hydroxyl groups excluding tert-OH is 5. The molecule has 1 unspecified atom stereocenters. The van der Waals surface area contributed by atoms with Crippen LogP contribution >= 0.6 is 11.6 Å². The van der Waals surface area contributed by atoms with Crippen LogP contribution in [0.4, 0.5) is 0 Å². The van der Waals surface area contributed by atoms with E-state index in [2.05, 4.69) is 34.1 Å². The summed E-state index contributed by atoms with van der Waals surface area (Å²) in [5.74, 6) is -0.730. The van der Waals surface area contributed by atoms with Gasteiger partial charge >= 0.3 is 5.97 Å². The molecule has 0 radical (unpaired) electrons. The van der Waals surface area contributed by atoms with Crippen LogP contribution < -0.4 is 0 Å². The van der Waals surface area contributed by atoms with E-state index in [4.69, 9.17) is 26.2 Å². The van der Waals surface area contributed by atoms with Gasteiger partial charge in [0.2, 0.25) is 0 Å². The van der Waals surface area contributed by atoms with Crippen LogP contribution in [0.3, 0.4) is 0 Å². The smallest absolute Gasteiger partial charge is 0.332 e. The van der Waals surface area contributed by atoms with Gasteiger partial charge in [-0.15, -0.1) is 0 Å². The highest BCUT2D eigenvalue weighted by Gasteiger charge is 2.31. The summed E-state index contributed by atoms with van der Waals surface area (Å²) in [4.78, 5) is 16.6. The predicted octanol–water partition coefficient (Wildman–Crippen LogP) is 0.0427. The highest BCUT2D eigenvalue weighted by atomic mass is 35.5. The van der Waals surface area contributed by atoms with E-state index in [1.165, 1.54) is 11.1 Å². The van der Waals surface area contributed by atoms with Crippen LogP contribution in [-0.2, 0) is 14.3 Å². The van der Waals surface area contributed by atoms with Crippen LogP contribution in [0.1, 0.15) is 17.2 Å². The molecule has 1 fully saturated rings. The van der Waals surface area contributed by atoms with Crippen molar-refractivity contribution in [1.29, 1.82) is 0 Å². The molecule has 2 aromatic carbocycles. The average Bonchev–Trinajstić information content (AvgIpc) is 2.95. The Morgan fingerprint density at radius 3 is 2.11 bits per heavy atom. The van der Waals surface area contributed by atoms with Crippen LogP contribution in [0, 0.1) is 0 Å². The minimum Gasteiger partial charge on any atom is -0.461 e. The number of rotatable bonds is 14. The lowest BCUT2D eigenvalue weighted by atomic mass is 9.96. The normalized spacial score (nSPS) is 18.9. The van der Waals surface area contributed by atoms with Gasteiger partial charge in [0.25, 0.3) is 0 Å². The second kappa shape index (κ2) is 15.5. The molecule has 38 heavy (non-hydrogen) atoms. The molecule has 3 rings (SSSR count). The maximum atomic E-state index is 11.9. The minimum absolute atomic E-state index is 0.128. The van der Waals surface area contributed by atoms with E-state index < -0.39 is 43.6 Å². The largest absolute Gasteiger partial charge is 0.461 e. The Morgan fingerprint density at radius 2 is 1.47 bits per heavy atom. The second-order valence-electron chi connectivity index (χ2n) is 9.28. The number of benzene rings is 2. The van der Waals surface area contributed by atoms with Gasteiger partial charge in [-0.25, -0.2) is 4.79 Å². The van der Waals surface area contributed by atoms with Gasteiger partial charge in [0, 0.05) is 37.7 Å². The number of hydrogen-bond acceptors (Lipinski definition) is 10. The number of piperazine rings is 1. The molecule has 0 aromatic heterocycles. The second-order valence-corrected chi connectivity index (χ2v) is 9.71. The maximum Gasteiger partial charge on any atom is 0.332 e. The van der Waals surface area contributed by atoms with Crippen molar-refractivity contribution in [2.24, 2.45) is 0 Å². The number of hydrogen-bond donors (Lipinski definition) is 5. The van der Waals surface area contributed by atoms with E-state index in [9.17, 15) is 25.2 Å². The van der Waals surface area contributed by atoms with E-state index in [1.54, 1.807) is 0 Å². The summed E-state index contributed by atoms with van der Waals surface area (Å²) in [6.45, 7) is 2.68. The lowest BCUT2D eigenvalue weighted by Crippen LogP contribution is -2.48. The van der Waals surface area contributed by atoms with Gasteiger partial charge in [0.15, 0.2) is 0 Å². The summed E-state index contributed by atoms with van der Waals surface area (Å²) >= 11 is 6.11. The molecule has 1 saturated heterocycles. The van der Waals surface area contributed by atoms with Crippen molar-refractivity contribution in [3.63, 3.8) is 0 Å². The fourth-order valence-electron chi connectivity index (χ4n) is 4.37. The Bertz CT molecular complexity index is 959. The van der Waals surface area contributed by atoms with Crippen LogP contribution in [0.15, 0.2) is 54.6 Å². The first-order chi connectivity index (χ1) is 18.3. The zero-order valence-corrected chi connectivity index (χ0v) is 21.9. The summed E-state index contributed by atoms with van der Waals surface area (Å²) in [5.41, 5.74) is 2.41. The van der Waals surface area contributed by atoms with E-state index in [-0.39, 0.29) is 12.6 Å². The first-order valence-electron chi connectivity index (χ1n) is 12.6. The minimum atomic E-state index is -1.79. The molecule has 5 atom stereocenters. The van der Waals surface area contributed by atoms with Crippen molar-refractivity contribution in [2.45, 2.75) is 30.5 Å². The molecule has 10 nitrogen and oxygen atoms in total. The number of carbonyl (C=O) groups is 1. The van der Waals surface area contributed by atoms with Crippen molar-refractivity contribution in [3.8, 4) is 0 Å². The van der Waals surface area contributed by atoms with Crippen LogP contribution in [0.2, 0.25) is 5.02 Å². The fourth-order valence-corrected chi connectivity index (χ4v) is 4.50. The zero-order valence-electron chi connectivity index (χ0n) is 21.2. The molecular formula is C27H37ClN2O8. The average molecular weight is 553 g/mol. The summed E-state index contributed by atoms with van der Waals surface area (Å²) in [6, 6.07) is 18.5. The summed E-state index contributed by atoms with van der Waals surface area (Å²) in [7, 11) is 0. The lowest BCUT2D eigenvalue weighted by Gasteiger charge is -2.39. The molecule has 210 valence electrons. The maximum absolute atomic E-state index is 11.9. The molecule has 5 N–H and O–H groups in total. The Kier molecular flexibility index (Phi) is 12.4. The van der Waals surface area contributed by atoms with Crippen LogP contribution in [0.5, 0.6) is 0 Å². The molecule has 1 aliphatic heterocycles. The number of esters is 1. The van der Waals surface area contributed by atoms with E-state index in [0.717, 1.165) is 26.2 Å². The highest BCUT2D eigenvalue weighted by molar-refractivity contribution is 6.30. The zero-order chi connectivity index (χ0) is 27.5. The van der Waals surface area contributed by atoms with Crippen molar-refractivity contribution in [1.82, 2.24) is 9.80 Å². The fraction of sp³-hybridized carbons (Fsp3) is 0.519. The van der Waals surface area contributed by atoms with Gasteiger partial charge in [-0.05, 0) is 23.3 Å². The molecule has 11 heteroatoms. The number of nitrogens with zero attached hydrogens (tertiary/aromatic N) is 2. The molecule has 0 saturated carbocycles. The van der Waals surface area contributed by atoms with E-state index >= 15 is 0 Å². The Balaban J connectivity index is 1.38. The number of aliphatic hydroxyl groups is 5. The number of ether oxygens (including phenoxy) is 2. The van der Waals surface area contributed by atoms with Crippen LogP contribution in [0.25, 0.3) is 0 Å². The number of halogens is 1. The predicted molar refractivity (Wildman–Crippen MR) is 141 cm³/mol. The Labute approximate surface area is 227 Å². The Hall–Kier alpha value is -2.12. The standard InChI is InChI=1S/C27H37ClN2O8/c28-21-8-6-20(7-9-21)25(19-4-2-1-3-5-19)30-12-10-29(11-13-30)14-15-37-18-24(34)38-17-23(33)27(36)26(35)22(32)16-31/h1-9,22-23,25-27,31-33,35-36H,10-18H2/t22-,23-,25?,26-,27-/m1/s1. The van der Waals surface area contributed by atoms with Gasteiger partial charge in [0.05, 0.1) is 19.3 Å². The molecular weight excluding hydrogens is 516 g/mol. The quantitative estimate of drug-likeness (QED) is 0.161. The van der Waals surface area contributed by atoms with Crippen molar-refractivity contribution < 1.29 is 39.8 Å². The molecule has 0 aliphatic carbocycles. The van der Waals surface area contributed by atoms with E-state index in [0.29, 0.717) is 18.2 Å². The van der Waals surface area contributed by atoms with E-state index in [1.807, 2.05) is 30.3 Å². The van der Waals surface area contributed by atoms with Gasteiger partial charge in [-0.3, -0.25) is 9.80 Å². The monoisotopic (exact) mass is 552 g/mol. The lowest BCUT2D eigenvalue weighted by molar-refractivity contribution is -0.160. The van der Waals surface area contributed by atoms with Gasteiger partial charge in [-0.2, -0.15) is 0 Å². The third kappa shape index (κ3) is 8.98. The SMILES string of the molecule is O=C(COCCN1CCN(C(c2ccccc2)c2ccc(Cl)cc2)CC1)OC[C@@H](O)[C@@H](O)[C@H](O)[C@H](O)CO. The van der Waals surface area contributed by atoms with Crippen molar-refractivity contribution in [3.05, 3.63) is 70.7 Å². The summed E-state index contributed by atoms with van der Waals surface area (Å²) in [6.07, 6.45) is -6.81. The molecule has 2 aromatic rings. The third-order valence-corrected chi connectivity index (χ3v) is 6.84. The van der Waals surface area contributed by atoms with Gasteiger partial charge in [-0.1, -0.05) is 54.1 Å². The first-order valence-corrected chi connectivity index (χ1v) is 13.0. The first kappa shape index (κ1) is 30.4. The molecule has 1 aliphatic rings. The van der Waals surface area contributed by atoms with Crippen molar-refractivity contribution in [2.75, 3.05) is 59.2 Å². The van der Waals surface area contributed by atoms with Gasteiger partial charge in [0.1, 0.15) is 37.6 Å². The summed E-state index contributed by atoms with van der Waals surface area (Å²) < 4.78 is 10.3. The van der Waals surface area contributed by atoms with Gasteiger partial charge < -0.3 is 35.0 Å².